The minimum Gasteiger partial charge on any atom is -0.309 e. The van der Waals surface area contributed by atoms with Gasteiger partial charge in [-0.2, -0.15) is 0 Å². The van der Waals surface area contributed by atoms with E-state index in [1.165, 1.54) is 0 Å². The maximum Gasteiger partial charge on any atom is 0.150 e. The fourth-order valence-corrected chi connectivity index (χ4v) is 3.15. The van der Waals surface area contributed by atoms with Crippen LogP contribution in [0.2, 0.25) is 0 Å². The van der Waals surface area contributed by atoms with Crippen LogP contribution in [0.4, 0.5) is 0 Å². The van der Waals surface area contributed by atoms with Gasteiger partial charge in [-0.05, 0) is 19.4 Å². The van der Waals surface area contributed by atoms with Crippen molar-refractivity contribution in [3.05, 3.63) is 16.6 Å². The molecule has 0 amide bonds. The third kappa shape index (κ3) is 5.14. The van der Waals surface area contributed by atoms with Crippen LogP contribution in [0.15, 0.2) is 10.9 Å². The Bertz CT molecular complexity index is 401. The van der Waals surface area contributed by atoms with E-state index >= 15 is 0 Å². The molecule has 6 heteroatoms. The van der Waals surface area contributed by atoms with Crippen molar-refractivity contribution in [2.45, 2.75) is 32.7 Å². The summed E-state index contributed by atoms with van der Waals surface area (Å²) >= 11 is 1.57. The normalized spacial score (nSPS) is 13.8. The van der Waals surface area contributed by atoms with Gasteiger partial charge < -0.3 is 5.32 Å². The van der Waals surface area contributed by atoms with Crippen LogP contribution < -0.4 is 5.32 Å². The van der Waals surface area contributed by atoms with Crippen molar-refractivity contribution < 1.29 is 8.42 Å². The van der Waals surface area contributed by atoms with Gasteiger partial charge in [0.1, 0.15) is 9.84 Å². The number of nitrogens with zero attached hydrogens (tertiary/aromatic N) is 1. The molecule has 98 valence electrons. The molecule has 1 rings (SSSR count). The summed E-state index contributed by atoms with van der Waals surface area (Å²) in [7, 11) is -2.84. The Kier molecular flexibility index (Phi) is 6.08. The van der Waals surface area contributed by atoms with Crippen molar-refractivity contribution in [1.82, 2.24) is 10.3 Å². The van der Waals surface area contributed by atoms with Gasteiger partial charge in [0.05, 0.1) is 23.0 Å². The molecule has 0 bridgehead atoms. The first-order valence-corrected chi connectivity index (χ1v) is 8.67. The summed E-state index contributed by atoms with van der Waals surface area (Å²) in [6, 6.07) is 0.179. The Morgan fingerprint density at radius 2 is 2.24 bits per heavy atom. The van der Waals surface area contributed by atoms with Crippen LogP contribution in [0, 0.1) is 0 Å². The molecule has 0 saturated heterocycles. The van der Waals surface area contributed by atoms with Crippen molar-refractivity contribution in [3.63, 3.8) is 0 Å². The monoisotopic (exact) mass is 276 g/mol. The van der Waals surface area contributed by atoms with Crippen molar-refractivity contribution >= 4 is 21.2 Å². The first-order valence-electron chi connectivity index (χ1n) is 5.91. The maximum atomic E-state index is 11.4. The summed E-state index contributed by atoms with van der Waals surface area (Å²) in [6.07, 6.45) is 1.50. The lowest BCUT2D eigenvalue weighted by Crippen LogP contribution is -2.22. The Balaban J connectivity index is 2.46. The Morgan fingerprint density at radius 3 is 2.76 bits per heavy atom. The second-order valence-corrected chi connectivity index (χ2v) is 7.09. The highest BCUT2D eigenvalue weighted by atomic mass is 32.2. The minimum absolute atomic E-state index is 0.179. The highest BCUT2D eigenvalue weighted by molar-refractivity contribution is 7.91. The smallest absolute Gasteiger partial charge is 0.150 e. The largest absolute Gasteiger partial charge is 0.309 e. The van der Waals surface area contributed by atoms with Crippen LogP contribution >= 0.6 is 11.3 Å². The predicted molar refractivity (Wildman–Crippen MR) is 72.1 cm³/mol. The molecule has 1 aromatic heterocycles. The molecular formula is C11H20N2O2S2. The molecular weight excluding hydrogens is 256 g/mol. The van der Waals surface area contributed by atoms with Crippen LogP contribution in [-0.2, 0) is 9.84 Å². The average Bonchev–Trinajstić information content (AvgIpc) is 2.81. The van der Waals surface area contributed by atoms with E-state index in [2.05, 4.69) is 10.3 Å². The van der Waals surface area contributed by atoms with E-state index in [-0.39, 0.29) is 17.5 Å². The van der Waals surface area contributed by atoms with E-state index in [9.17, 15) is 8.42 Å². The van der Waals surface area contributed by atoms with E-state index in [4.69, 9.17) is 0 Å². The highest BCUT2D eigenvalue weighted by Crippen LogP contribution is 2.18. The van der Waals surface area contributed by atoms with E-state index in [1.807, 2.05) is 17.8 Å². The zero-order chi connectivity index (χ0) is 12.7. The molecule has 0 spiro atoms. The molecule has 1 aromatic rings. The molecule has 0 fully saturated rings. The van der Waals surface area contributed by atoms with Gasteiger partial charge in [0.15, 0.2) is 0 Å². The topological polar surface area (TPSA) is 59.1 Å². The number of sulfone groups is 1. The Hall–Kier alpha value is -0.460. The highest BCUT2D eigenvalue weighted by Gasteiger charge is 2.14. The molecule has 1 heterocycles. The SMILES string of the molecule is CCNC(CCCS(=O)(=O)CC)c1cscn1. The zero-order valence-corrected chi connectivity index (χ0v) is 12.0. The van der Waals surface area contributed by atoms with Crippen molar-refractivity contribution in [2.75, 3.05) is 18.1 Å². The molecule has 0 radical (unpaired) electrons. The van der Waals surface area contributed by atoms with Gasteiger partial charge in [0.2, 0.25) is 0 Å². The number of nitrogens with one attached hydrogen (secondary N) is 1. The lowest BCUT2D eigenvalue weighted by molar-refractivity contribution is 0.498. The number of hydrogen-bond donors (Lipinski definition) is 1. The van der Waals surface area contributed by atoms with Crippen LogP contribution in [0.3, 0.4) is 0 Å². The third-order valence-corrected chi connectivity index (χ3v) is 5.04. The van der Waals surface area contributed by atoms with E-state index in [0.29, 0.717) is 6.42 Å². The Morgan fingerprint density at radius 1 is 1.47 bits per heavy atom. The number of rotatable bonds is 8. The molecule has 1 N–H and O–H groups in total. The molecule has 1 atom stereocenters. The summed E-state index contributed by atoms with van der Waals surface area (Å²) in [5, 5.41) is 5.35. The van der Waals surface area contributed by atoms with Crippen LogP contribution in [0.25, 0.3) is 0 Å². The van der Waals surface area contributed by atoms with Gasteiger partial charge in [0.25, 0.3) is 0 Å². The van der Waals surface area contributed by atoms with Crippen LogP contribution in [0.5, 0.6) is 0 Å². The summed E-state index contributed by atoms with van der Waals surface area (Å²) < 4.78 is 22.8. The van der Waals surface area contributed by atoms with E-state index < -0.39 is 9.84 Å². The van der Waals surface area contributed by atoms with Crippen molar-refractivity contribution in [3.8, 4) is 0 Å². The summed E-state index contributed by atoms with van der Waals surface area (Å²) in [5.41, 5.74) is 2.83. The molecule has 17 heavy (non-hydrogen) atoms. The standard InChI is InChI=1S/C11H20N2O2S2/c1-3-12-10(11-8-16-9-13-11)6-5-7-17(14,15)4-2/h8-10,12H,3-7H2,1-2H3. The molecule has 0 saturated carbocycles. The number of thiazole rings is 1. The predicted octanol–water partition coefficient (Wildman–Crippen LogP) is 2.01. The van der Waals surface area contributed by atoms with Crippen LogP contribution in [-0.4, -0.2) is 31.5 Å². The van der Waals surface area contributed by atoms with Crippen LogP contribution in [0.1, 0.15) is 38.4 Å². The van der Waals surface area contributed by atoms with Gasteiger partial charge in [-0.3, -0.25) is 0 Å². The van der Waals surface area contributed by atoms with Gasteiger partial charge in [0, 0.05) is 11.1 Å². The van der Waals surface area contributed by atoms with Crippen molar-refractivity contribution in [1.29, 1.82) is 0 Å². The van der Waals surface area contributed by atoms with Gasteiger partial charge in [-0.15, -0.1) is 11.3 Å². The maximum absolute atomic E-state index is 11.4. The lowest BCUT2D eigenvalue weighted by atomic mass is 10.1. The second-order valence-electron chi connectivity index (χ2n) is 3.90. The fourth-order valence-electron chi connectivity index (χ4n) is 1.65. The average molecular weight is 276 g/mol. The molecule has 1 unspecified atom stereocenters. The van der Waals surface area contributed by atoms with Crippen molar-refractivity contribution in [2.24, 2.45) is 0 Å². The quantitative estimate of drug-likeness (QED) is 0.789. The zero-order valence-electron chi connectivity index (χ0n) is 10.3. The lowest BCUT2D eigenvalue weighted by Gasteiger charge is -2.15. The molecule has 0 aromatic carbocycles. The first-order chi connectivity index (χ1) is 8.09. The number of aromatic nitrogens is 1. The van der Waals surface area contributed by atoms with Gasteiger partial charge in [-0.25, -0.2) is 13.4 Å². The van der Waals surface area contributed by atoms with Gasteiger partial charge in [-0.1, -0.05) is 13.8 Å². The second kappa shape index (κ2) is 7.08. The fraction of sp³-hybridized carbons (Fsp3) is 0.727. The van der Waals surface area contributed by atoms with E-state index in [1.54, 1.807) is 18.3 Å². The number of hydrogen-bond acceptors (Lipinski definition) is 5. The minimum atomic E-state index is -2.84. The summed E-state index contributed by atoms with van der Waals surface area (Å²) in [6.45, 7) is 4.60. The summed E-state index contributed by atoms with van der Waals surface area (Å²) in [4.78, 5) is 4.28. The molecule has 0 aliphatic heterocycles. The third-order valence-electron chi connectivity index (χ3n) is 2.65. The first kappa shape index (κ1) is 14.6. The molecule has 0 aliphatic carbocycles. The molecule has 4 nitrogen and oxygen atoms in total. The van der Waals surface area contributed by atoms with E-state index in [0.717, 1.165) is 18.7 Å². The van der Waals surface area contributed by atoms with Gasteiger partial charge >= 0.3 is 0 Å². The Labute approximate surface area is 107 Å². The molecule has 0 aliphatic rings. The summed E-state index contributed by atoms with van der Waals surface area (Å²) in [5.74, 6) is 0.505.